The Bertz CT molecular complexity index is 551. The summed E-state index contributed by atoms with van der Waals surface area (Å²) >= 11 is 0. The van der Waals surface area contributed by atoms with E-state index in [0.717, 1.165) is 35.9 Å². The van der Waals surface area contributed by atoms with Crippen LogP contribution >= 0.6 is 0 Å². The van der Waals surface area contributed by atoms with Crippen LogP contribution in [0.5, 0.6) is 0 Å². The fraction of sp³-hybridized carbons (Fsp3) is 0.267. The van der Waals surface area contributed by atoms with E-state index in [1.165, 1.54) is 0 Å². The molecule has 0 N–H and O–H groups in total. The molecule has 0 saturated heterocycles. The zero-order valence-electron chi connectivity index (χ0n) is 10.1. The molecule has 0 bridgehead atoms. The molecule has 0 aliphatic heterocycles. The molecule has 2 nitrogen and oxygen atoms in total. The van der Waals surface area contributed by atoms with E-state index in [1.54, 1.807) is 6.92 Å². The smallest absolute Gasteiger partial charge is 0.161 e. The van der Waals surface area contributed by atoms with Gasteiger partial charge in [0.15, 0.2) is 5.78 Å². The highest BCUT2D eigenvalue weighted by Gasteiger charge is 2.10. The number of nitrogens with zero attached hydrogens (tertiary/aromatic N) is 1. The summed E-state index contributed by atoms with van der Waals surface area (Å²) < 4.78 is 2.16. The number of carbonyl (C=O) groups is 1. The van der Waals surface area contributed by atoms with Crippen molar-refractivity contribution in [2.75, 3.05) is 0 Å². The fourth-order valence-corrected chi connectivity index (χ4v) is 2.12. The van der Waals surface area contributed by atoms with Crippen molar-refractivity contribution in [1.82, 2.24) is 4.57 Å². The van der Waals surface area contributed by atoms with Crippen molar-refractivity contribution >= 4 is 16.7 Å². The second-order valence-electron chi connectivity index (χ2n) is 4.24. The number of carbonyl (C=O) groups excluding carboxylic acids is 1. The van der Waals surface area contributed by atoms with Gasteiger partial charge in [-0.15, -0.1) is 6.58 Å². The summed E-state index contributed by atoms with van der Waals surface area (Å²) in [6.07, 6.45) is 5.95. The predicted molar refractivity (Wildman–Crippen MR) is 71.4 cm³/mol. The summed E-state index contributed by atoms with van der Waals surface area (Å²) in [5, 5.41) is 1.05. The first-order valence-corrected chi connectivity index (χ1v) is 5.93. The molecule has 0 fully saturated rings. The molecule has 1 aromatic carbocycles. The van der Waals surface area contributed by atoms with Gasteiger partial charge in [0, 0.05) is 29.2 Å². The Labute approximate surface area is 102 Å². The van der Waals surface area contributed by atoms with E-state index in [0.29, 0.717) is 0 Å². The average Bonchev–Trinajstić information content (AvgIpc) is 2.69. The van der Waals surface area contributed by atoms with Crippen molar-refractivity contribution in [3.05, 3.63) is 48.7 Å². The molecule has 1 aromatic heterocycles. The minimum absolute atomic E-state index is 0.128. The van der Waals surface area contributed by atoms with E-state index >= 15 is 0 Å². The molecule has 1 heterocycles. The van der Waals surface area contributed by atoms with Gasteiger partial charge in [0.1, 0.15) is 0 Å². The quantitative estimate of drug-likeness (QED) is 0.432. The number of unbranched alkanes of at least 4 members (excludes halogenated alkanes) is 1. The predicted octanol–water partition coefficient (Wildman–Crippen LogP) is 3.81. The lowest BCUT2D eigenvalue weighted by Crippen LogP contribution is -1.95. The Morgan fingerprint density at radius 2 is 2.18 bits per heavy atom. The van der Waals surface area contributed by atoms with Crippen molar-refractivity contribution in [3.63, 3.8) is 0 Å². The molecule has 0 unspecified atom stereocenters. The van der Waals surface area contributed by atoms with Crippen molar-refractivity contribution in [3.8, 4) is 0 Å². The molecule has 0 saturated carbocycles. The third-order valence-corrected chi connectivity index (χ3v) is 2.98. The Balaban J connectivity index is 2.41. The number of ketones is 1. The summed E-state index contributed by atoms with van der Waals surface area (Å²) in [4.78, 5) is 11.6. The number of benzene rings is 1. The van der Waals surface area contributed by atoms with Gasteiger partial charge in [0.2, 0.25) is 0 Å². The van der Waals surface area contributed by atoms with Gasteiger partial charge < -0.3 is 4.57 Å². The third-order valence-electron chi connectivity index (χ3n) is 2.98. The molecule has 17 heavy (non-hydrogen) atoms. The van der Waals surface area contributed by atoms with Crippen LogP contribution in [-0.4, -0.2) is 10.4 Å². The number of allylic oxidation sites excluding steroid dienone is 1. The van der Waals surface area contributed by atoms with Crippen LogP contribution in [-0.2, 0) is 6.54 Å². The maximum Gasteiger partial charge on any atom is 0.161 e. The number of fused-ring (bicyclic) bond motifs is 1. The van der Waals surface area contributed by atoms with Gasteiger partial charge in [0.05, 0.1) is 0 Å². The van der Waals surface area contributed by atoms with E-state index in [9.17, 15) is 4.79 Å². The summed E-state index contributed by atoms with van der Waals surface area (Å²) in [6, 6.07) is 8.06. The maximum atomic E-state index is 11.6. The number of aryl methyl sites for hydroxylation is 1. The van der Waals surface area contributed by atoms with Crippen LogP contribution in [0.3, 0.4) is 0 Å². The molecule has 0 atom stereocenters. The number of aromatic nitrogens is 1. The van der Waals surface area contributed by atoms with Gasteiger partial charge in [-0.1, -0.05) is 24.3 Å². The first kappa shape index (κ1) is 11.6. The van der Waals surface area contributed by atoms with E-state index in [1.807, 2.05) is 30.5 Å². The largest absolute Gasteiger partial charge is 0.347 e. The minimum atomic E-state index is 0.128. The van der Waals surface area contributed by atoms with E-state index < -0.39 is 0 Å². The van der Waals surface area contributed by atoms with E-state index in [2.05, 4.69) is 17.2 Å². The van der Waals surface area contributed by atoms with Gasteiger partial charge in [-0.25, -0.2) is 0 Å². The third kappa shape index (κ3) is 2.31. The summed E-state index contributed by atoms with van der Waals surface area (Å²) in [7, 11) is 0. The zero-order valence-corrected chi connectivity index (χ0v) is 10.1. The SMILES string of the molecule is C=CCCCn1cc(C(C)=O)c2ccccc21. The van der Waals surface area contributed by atoms with E-state index in [4.69, 9.17) is 0 Å². The van der Waals surface area contributed by atoms with Crippen molar-refractivity contribution < 1.29 is 4.79 Å². The summed E-state index contributed by atoms with van der Waals surface area (Å²) in [6.45, 7) is 6.28. The first-order valence-electron chi connectivity index (χ1n) is 5.93. The minimum Gasteiger partial charge on any atom is -0.347 e. The Hall–Kier alpha value is -1.83. The topological polar surface area (TPSA) is 22.0 Å². The highest BCUT2D eigenvalue weighted by atomic mass is 16.1. The van der Waals surface area contributed by atoms with Crippen LogP contribution in [0.4, 0.5) is 0 Å². The lowest BCUT2D eigenvalue weighted by Gasteiger charge is -2.03. The van der Waals surface area contributed by atoms with Crippen molar-refractivity contribution in [2.45, 2.75) is 26.3 Å². The van der Waals surface area contributed by atoms with Crippen LogP contribution in [0.15, 0.2) is 43.1 Å². The fourth-order valence-electron chi connectivity index (χ4n) is 2.12. The molecule has 0 spiro atoms. The monoisotopic (exact) mass is 227 g/mol. The Morgan fingerprint density at radius 1 is 1.41 bits per heavy atom. The Kier molecular flexibility index (Phi) is 3.43. The molecule has 2 rings (SSSR count). The maximum absolute atomic E-state index is 11.6. The normalized spacial score (nSPS) is 10.6. The Morgan fingerprint density at radius 3 is 2.88 bits per heavy atom. The number of hydrogen-bond donors (Lipinski definition) is 0. The van der Waals surface area contributed by atoms with E-state index in [-0.39, 0.29) is 5.78 Å². The molecule has 0 aliphatic carbocycles. The molecule has 2 aromatic rings. The summed E-state index contributed by atoms with van der Waals surface area (Å²) in [5.74, 6) is 0.128. The highest BCUT2D eigenvalue weighted by Crippen LogP contribution is 2.22. The van der Waals surface area contributed by atoms with Gasteiger partial charge in [-0.05, 0) is 25.8 Å². The lowest BCUT2D eigenvalue weighted by atomic mass is 10.1. The van der Waals surface area contributed by atoms with Crippen LogP contribution in [0.1, 0.15) is 30.1 Å². The van der Waals surface area contributed by atoms with Crippen LogP contribution in [0, 0.1) is 0 Å². The zero-order chi connectivity index (χ0) is 12.3. The number of hydrogen-bond acceptors (Lipinski definition) is 1. The second-order valence-corrected chi connectivity index (χ2v) is 4.24. The van der Waals surface area contributed by atoms with Crippen LogP contribution in [0.25, 0.3) is 10.9 Å². The van der Waals surface area contributed by atoms with Crippen LogP contribution in [0.2, 0.25) is 0 Å². The summed E-state index contributed by atoms with van der Waals surface area (Å²) in [5.41, 5.74) is 1.96. The first-order chi connectivity index (χ1) is 8.24. The van der Waals surface area contributed by atoms with Crippen molar-refractivity contribution in [2.24, 2.45) is 0 Å². The number of para-hydroxylation sites is 1. The van der Waals surface area contributed by atoms with Crippen LogP contribution < -0.4 is 0 Å². The molecule has 88 valence electrons. The van der Waals surface area contributed by atoms with Gasteiger partial charge in [-0.3, -0.25) is 4.79 Å². The molecule has 2 heteroatoms. The molecular weight excluding hydrogens is 210 g/mol. The standard InChI is InChI=1S/C15H17NO/c1-3-4-7-10-16-11-14(12(2)17)13-8-5-6-9-15(13)16/h3,5-6,8-9,11H,1,4,7,10H2,2H3. The average molecular weight is 227 g/mol. The molecule has 0 aliphatic rings. The second kappa shape index (κ2) is 5.00. The van der Waals surface area contributed by atoms with Gasteiger partial charge in [-0.2, -0.15) is 0 Å². The molecular formula is C15H17NO. The van der Waals surface area contributed by atoms with Crippen molar-refractivity contribution in [1.29, 1.82) is 0 Å². The molecule has 0 amide bonds. The number of Topliss-reactive ketones (excluding diaryl/α,β-unsaturated/α-hetero) is 1. The molecule has 0 radical (unpaired) electrons. The highest BCUT2D eigenvalue weighted by molar-refractivity contribution is 6.06. The lowest BCUT2D eigenvalue weighted by molar-refractivity contribution is 0.101. The van der Waals surface area contributed by atoms with Gasteiger partial charge >= 0.3 is 0 Å². The number of rotatable bonds is 5. The van der Waals surface area contributed by atoms with Gasteiger partial charge in [0.25, 0.3) is 0 Å².